The summed E-state index contributed by atoms with van der Waals surface area (Å²) in [6.45, 7) is 5.46. The molecule has 90 valence electrons. The Hall–Kier alpha value is -0.120. The van der Waals surface area contributed by atoms with Gasteiger partial charge in [-0.25, -0.2) is 0 Å². The first-order chi connectivity index (χ1) is 7.27. The summed E-state index contributed by atoms with van der Waals surface area (Å²) in [5.41, 5.74) is 5.92. The number of rotatable bonds is 6. The van der Waals surface area contributed by atoms with Crippen LogP contribution in [0.15, 0.2) is 0 Å². The summed E-state index contributed by atoms with van der Waals surface area (Å²) in [7, 11) is 1.77. The van der Waals surface area contributed by atoms with Crippen molar-refractivity contribution in [3.05, 3.63) is 0 Å². The average molecular weight is 214 g/mol. The van der Waals surface area contributed by atoms with E-state index in [2.05, 4.69) is 11.8 Å². The molecule has 1 aliphatic rings. The summed E-state index contributed by atoms with van der Waals surface area (Å²) >= 11 is 0. The monoisotopic (exact) mass is 214 g/mol. The molecular formula is C12H26N2O. The van der Waals surface area contributed by atoms with Crippen molar-refractivity contribution in [2.45, 2.75) is 51.1 Å². The van der Waals surface area contributed by atoms with Crippen molar-refractivity contribution in [2.75, 3.05) is 26.8 Å². The third kappa shape index (κ3) is 4.49. The van der Waals surface area contributed by atoms with Crippen molar-refractivity contribution in [3.63, 3.8) is 0 Å². The summed E-state index contributed by atoms with van der Waals surface area (Å²) in [5, 5.41) is 0. The molecule has 0 bridgehead atoms. The van der Waals surface area contributed by atoms with Crippen LogP contribution in [0.4, 0.5) is 0 Å². The number of nitrogens with zero attached hydrogens (tertiary/aromatic N) is 1. The van der Waals surface area contributed by atoms with Gasteiger partial charge in [-0.05, 0) is 38.6 Å². The van der Waals surface area contributed by atoms with Crippen molar-refractivity contribution in [3.8, 4) is 0 Å². The van der Waals surface area contributed by atoms with E-state index in [1.807, 2.05) is 0 Å². The molecule has 1 aliphatic carbocycles. The van der Waals surface area contributed by atoms with Crippen LogP contribution in [0, 0.1) is 0 Å². The highest BCUT2D eigenvalue weighted by atomic mass is 16.5. The molecule has 3 nitrogen and oxygen atoms in total. The van der Waals surface area contributed by atoms with Crippen molar-refractivity contribution in [1.29, 1.82) is 0 Å². The van der Waals surface area contributed by atoms with Gasteiger partial charge in [0.05, 0.1) is 0 Å². The van der Waals surface area contributed by atoms with Crippen molar-refractivity contribution < 1.29 is 4.74 Å². The highest BCUT2D eigenvalue weighted by Crippen LogP contribution is 2.21. The van der Waals surface area contributed by atoms with E-state index in [1.165, 1.54) is 32.2 Å². The highest BCUT2D eigenvalue weighted by Gasteiger charge is 2.22. The Labute approximate surface area is 94.0 Å². The Morgan fingerprint density at radius 1 is 1.27 bits per heavy atom. The normalized spacial score (nSPS) is 27.2. The van der Waals surface area contributed by atoms with Crippen LogP contribution >= 0.6 is 0 Å². The predicted molar refractivity (Wildman–Crippen MR) is 64.0 cm³/mol. The fourth-order valence-corrected chi connectivity index (χ4v) is 2.48. The van der Waals surface area contributed by atoms with Crippen LogP contribution in [-0.2, 0) is 4.74 Å². The van der Waals surface area contributed by atoms with E-state index in [0.29, 0.717) is 6.04 Å². The molecule has 1 saturated carbocycles. The molecule has 0 aromatic heterocycles. The van der Waals surface area contributed by atoms with Crippen molar-refractivity contribution >= 4 is 0 Å². The van der Waals surface area contributed by atoms with Crippen LogP contribution in [0.1, 0.15) is 39.0 Å². The Bertz CT molecular complexity index is 156. The number of ether oxygens (including phenoxy) is 1. The van der Waals surface area contributed by atoms with E-state index in [4.69, 9.17) is 10.5 Å². The Kier molecular flexibility index (Phi) is 6.22. The summed E-state index contributed by atoms with van der Waals surface area (Å²) < 4.78 is 5.09. The third-order valence-corrected chi connectivity index (χ3v) is 3.46. The first-order valence-corrected chi connectivity index (χ1v) is 6.26. The van der Waals surface area contributed by atoms with Gasteiger partial charge in [0.1, 0.15) is 0 Å². The summed E-state index contributed by atoms with van der Waals surface area (Å²) in [5.74, 6) is 0. The zero-order valence-corrected chi connectivity index (χ0v) is 10.2. The number of methoxy groups -OCH3 is 1. The van der Waals surface area contributed by atoms with Crippen LogP contribution in [0.5, 0.6) is 0 Å². The first-order valence-electron chi connectivity index (χ1n) is 6.26. The van der Waals surface area contributed by atoms with Gasteiger partial charge in [0.2, 0.25) is 0 Å². The second-order valence-corrected chi connectivity index (χ2v) is 4.54. The molecule has 1 rings (SSSR count). The standard InChI is InChI=1S/C12H26N2O/c1-3-14(9-4-10-15-2)12-7-5-11(13)6-8-12/h11-12H,3-10,13H2,1-2H3. The number of hydrogen-bond donors (Lipinski definition) is 1. The fraction of sp³-hybridized carbons (Fsp3) is 1.00. The molecule has 0 aromatic carbocycles. The van der Waals surface area contributed by atoms with Crippen molar-refractivity contribution in [2.24, 2.45) is 5.73 Å². The van der Waals surface area contributed by atoms with E-state index >= 15 is 0 Å². The van der Waals surface area contributed by atoms with Crippen LogP contribution in [0.2, 0.25) is 0 Å². The molecule has 0 atom stereocenters. The molecule has 1 fully saturated rings. The van der Waals surface area contributed by atoms with E-state index < -0.39 is 0 Å². The molecule has 0 heterocycles. The van der Waals surface area contributed by atoms with Gasteiger partial charge in [-0.3, -0.25) is 0 Å². The lowest BCUT2D eigenvalue weighted by molar-refractivity contribution is 0.129. The molecular weight excluding hydrogens is 188 g/mol. The van der Waals surface area contributed by atoms with E-state index in [-0.39, 0.29) is 0 Å². The topological polar surface area (TPSA) is 38.5 Å². The quantitative estimate of drug-likeness (QED) is 0.683. The maximum atomic E-state index is 5.92. The van der Waals surface area contributed by atoms with E-state index in [9.17, 15) is 0 Å². The van der Waals surface area contributed by atoms with E-state index in [1.54, 1.807) is 7.11 Å². The zero-order valence-electron chi connectivity index (χ0n) is 10.2. The first kappa shape index (κ1) is 12.9. The maximum Gasteiger partial charge on any atom is 0.0474 e. The SMILES string of the molecule is CCN(CCCOC)C1CCC(N)CC1. The largest absolute Gasteiger partial charge is 0.385 e. The predicted octanol–water partition coefficient (Wildman–Crippen LogP) is 1.61. The second kappa shape index (κ2) is 7.20. The molecule has 0 amide bonds. The lowest BCUT2D eigenvalue weighted by Gasteiger charge is -2.35. The minimum atomic E-state index is 0.457. The van der Waals surface area contributed by atoms with Gasteiger partial charge in [0, 0.05) is 32.3 Å². The molecule has 0 unspecified atom stereocenters. The summed E-state index contributed by atoms with van der Waals surface area (Å²) in [6.07, 6.45) is 6.10. The van der Waals surface area contributed by atoms with E-state index in [0.717, 1.165) is 25.6 Å². The second-order valence-electron chi connectivity index (χ2n) is 4.54. The van der Waals surface area contributed by atoms with Gasteiger partial charge in [-0.2, -0.15) is 0 Å². The molecule has 2 N–H and O–H groups in total. The number of hydrogen-bond acceptors (Lipinski definition) is 3. The van der Waals surface area contributed by atoms with Gasteiger partial charge in [-0.15, -0.1) is 0 Å². The lowest BCUT2D eigenvalue weighted by atomic mass is 9.90. The van der Waals surface area contributed by atoms with Gasteiger partial charge in [-0.1, -0.05) is 6.92 Å². The lowest BCUT2D eigenvalue weighted by Crippen LogP contribution is -2.41. The average Bonchev–Trinajstić information content (AvgIpc) is 2.26. The van der Waals surface area contributed by atoms with Gasteiger partial charge in [0.25, 0.3) is 0 Å². The Morgan fingerprint density at radius 3 is 2.47 bits per heavy atom. The van der Waals surface area contributed by atoms with Gasteiger partial charge < -0.3 is 15.4 Å². The third-order valence-electron chi connectivity index (χ3n) is 3.46. The van der Waals surface area contributed by atoms with Gasteiger partial charge >= 0.3 is 0 Å². The van der Waals surface area contributed by atoms with Crippen LogP contribution in [0.25, 0.3) is 0 Å². The smallest absolute Gasteiger partial charge is 0.0474 e. The summed E-state index contributed by atoms with van der Waals surface area (Å²) in [4.78, 5) is 2.59. The Morgan fingerprint density at radius 2 is 1.93 bits per heavy atom. The minimum Gasteiger partial charge on any atom is -0.385 e. The minimum absolute atomic E-state index is 0.457. The summed E-state index contributed by atoms with van der Waals surface area (Å²) in [6, 6.07) is 1.23. The van der Waals surface area contributed by atoms with Crippen molar-refractivity contribution in [1.82, 2.24) is 4.90 Å². The highest BCUT2D eigenvalue weighted by molar-refractivity contribution is 4.80. The molecule has 3 heteroatoms. The molecule has 0 radical (unpaired) electrons. The molecule has 0 aliphatic heterocycles. The fourth-order valence-electron chi connectivity index (χ4n) is 2.48. The number of nitrogens with two attached hydrogens (primary N) is 1. The zero-order chi connectivity index (χ0) is 11.1. The molecule has 0 spiro atoms. The van der Waals surface area contributed by atoms with Crippen LogP contribution in [0.3, 0.4) is 0 Å². The van der Waals surface area contributed by atoms with Crippen LogP contribution in [-0.4, -0.2) is 43.8 Å². The molecule has 15 heavy (non-hydrogen) atoms. The molecule has 0 aromatic rings. The Balaban J connectivity index is 2.24. The maximum absolute atomic E-state index is 5.92. The van der Waals surface area contributed by atoms with Crippen LogP contribution < -0.4 is 5.73 Å². The van der Waals surface area contributed by atoms with Gasteiger partial charge in [0.15, 0.2) is 0 Å². The molecule has 0 saturated heterocycles.